The lowest BCUT2D eigenvalue weighted by atomic mass is 10.0. The summed E-state index contributed by atoms with van der Waals surface area (Å²) in [5, 5.41) is 0. The van der Waals surface area contributed by atoms with E-state index >= 15 is 0 Å². The Hall–Kier alpha value is -0.0400. The maximum atomic E-state index is 4.11. The molecule has 10 heavy (non-hydrogen) atoms. The summed E-state index contributed by atoms with van der Waals surface area (Å²) in [4.78, 5) is 1.52. The summed E-state index contributed by atoms with van der Waals surface area (Å²) in [6.07, 6.45) is 7.34. The molecule has 0 amide bonds. The first-order chi connectivity index (χ1) is 4.81. The number of hydrogen-bond donors (Lipinski definition) is 1. The van der Waals surface area contributed by atoms with Crippen molar-refractivity contribution in [2.24, 2.45) is 5.41 Å². The second-order valence-electron chi connectivity index (χ2n) is 4.13. The van der Waals surface area contributed by atoms with Crippen LogP contribution in [-0.4, -0.2) is 13.1 Å². The summed E-state index contributed by atoms with van der Waals surface area (Å²) in [5.74, 6) is 0. The molecule has 0 aromatic heterocycles. The third-order valence-electron chi connectivity index (χ3n) is 3.07. The van der Waals surface area contributed by atoms with Crippen molar-refractivity contribution in [1.29, 1.82) is 0 Å². The fraction of sp³-hybridized carbons (Fsp3) is 0.889. The third kappa shape index (κ3) is 1.20. The molecule has 1 heteroatoms. The highest BCUT2D eigenvalue weighted by Crippen LogP contribution is 2.49. The van der Waals surface area contributed by atoms with Gasteiger partial charge < -0.3 is 4.90 Å². The zero-order valence-electron chi connectivity index (χ0n) is 6.66. The molecule has 1 heterocycles. The molecule has 0 aromatic carbocycles. The van der Waals surface area contributed by atoms with E-state index in [0.29, 0.717) is 0 Å². The van der Waals surface area contributed by atoms with Crippen LogP contribution in [0.1, 0.15) is 32.1 Å². The number of likely N-dealkylation sites (tertiary alicyclic amines) is 1. The molecule has 2 aliphatic rings. The molecule has 1 N–H and O–H groups in total. The maximum Gasteiger partial charge on any atom is 0.0587 e. The van der Waals surface area contributed by atoms with Gasteiger partial charge in [-0.15, -0.1) is 0 Å². The Labute approximate surface area is 63.4 Å². The van der Waals surface area contributed by atoms with Gasteiger partial charge in [-0.3, -0.25) is 0 Å². The minimum absolute atomic E-state index is 0.785. The van der Waals surface area contributed by atoms with Gasteiger partial charge in [0.25, 0.3) is 0 Å². The van der Waals surface area contributed by atoms with E-state index in [4.69, 9.17) is 0 Å². The Bertz CT molecular complexity index is 127. The van der Waals surface area contributed by atoms with Crippen LogP contribution < -0.4 is 4.90 Å². The lowest BCUT2D eigenvalue weighted by Crippen LogP contribution is -3.07. The van der Waals surface area contributed by atoms with E-state index in [-0.39, 0.29) is 0 Å². The smallest absolute Gasteiger partial charge is 0.0587 e. The first-order valence-electron chi connectivity index (χ1n) is 4.47. The van der Waals surface area contributed by atoms with Crippen molar-refractivity contribution in [3.8, 4) is 0 Å². The average Bonchev–Trinajstić information content (AvgIpc) is 2.64. The van der Waals surface area contributed by atoms with Crippen molar-refractivity contribution in [3.05, 3.63) is 7.05 Å². The number of quaternary nitrogens is 1. The van der Waals surface area contributed by atoms with Gasteiger partial charge in [0, 0.05) is 5.41 Å². The predicted molar refractivity (Wildman–Crippen MR) is 41.6 cm³/mol. The van der Waals surface area contributed by atoms with E-state index in [1.165, 1.54) is 50.1 Å². The second-order valence-corrected chi connectivity index (χ2v) is 4.13. The minimum Gasteiger partial charge on any atom is -0.467 e. The molecule has 0 aromatic rings. The highest BCUT2D eigenvalue weighted by atomic mass is 15.1. The van der Waals surface area contributed by atoms with Crippen LogP contribution in [0.5, 0.6) is 0 Å². The molecule has 1 nitrogen and oxygen atoms in total. The molecule has 1 aliphatic heterocycles. The SMILES string of the molecule is [CH2-][NH+]1CCCCC2(CC2)C1. The molecule has 1 unspecified atom stereocenters. The van der Waals surface area contributed by atoms with E-state index in [2.05, 4.69) is 7.05 Å². The van der Waals surface area contributed by atoms with E-state index in [0.717, 1.165) is 5.41 Å². The molecule has 1 aliphatic carbocycles. The Morgan fingerprint density at radius 2 is 1.90 bits per heavy atom. The zero-order valence-corrected chi connectivity index (χ0v) is 6.66. The van der Waals surface area contributed by atoms with Gasteiger partial charge in [-0.05, 0) is 32.1 Å². The van der Waals surface area contributed by atoms with E-state index in [1.807, 2.05) is 0 Å². The Kier molecular flexibility index (Phi) is 1.48. The number of hydrogen-bond acceptors (Lipinski definition) is 0. The van der Waals surface area contributed by atoms with Crippen LogP contribution in [-0.2, 0) is 0 Å². The van der Waals surface area contributed by atoms with Gasteiger partial charge in [-0.2, -0.15) is 7.05 Å². The molecule has 1 saturated carbocycles. The van der Waals surface area contributed by atoms with Crippen molar-refractivity contribution >= 4 is 0 Å². The number of rotatable bonds is 0. The summed E-state index contributed by atoms with van der Waals surface area (Å²) in [6.45, 7) is 2.66. The minimum atomic E-state index is 0.785. The predicted octanol–water partition coefficient (Wildman–Crippen LogP) is 0.627. The Balaban J connectivity index is 1.96. The monoisotopic (exact) mass is 139 g/mol. The lowest BCUT2D eigenvalue weighted by Gasteiger charge is -2.22. The highest BCUT2D eigenvalue weighted by Gasteiger charge is 2.44. The maximum absolute atomic E-state index is 4.11. The second kappa shape index (κ2) is 2.23. The molecule has 58 valence electrons. The molecule has 1 atom stereocenters. The van der Waals surface area contributed by atoms with Crippen molar-refractivity contribution in [2.75, 3.05) is 13.1 Å². The first kappa shape index (κ1) is 6.66. The van der Waals surface area contributed by atoms with Crippen LogP contribution in [0.4, 0.5) is 0 Å². The van der Waals surface area contributed by atoms with E-state index in [9.17, 15) is 0 Å². The van der Waals surface area contributed by atoms with Crippen LogP contribution in [0.15, 0.2) is 0 Å². The molecule has 0 radical (unpaired) electrons. The largest absolute Gasteiger partial charge is 0.467 e. The van der Waals surface area contributed by atoms with Gasteiger partial charge in [0.2, 0.25) is 0 Å². The number of nitrogens with one attached hydrogen (secondary N) is 1. The molecular formula is C9H17N. The van der Waals surface area contributed by atoms with Crippen LogP contribution >= 0.6 is 0 Å². The molecule has 1 spiro atoms. The van der Waals surface area contributed by atoms with Gasteiger partial charge in [-0.25, -0.2) is 0 Å². The molecule has 0 bridgehead atoms. The lowest BCUT2D eigenvalue weighted by molar-refractivity contribution is -0.857. The summed E-state index contributed by atoms with van der Waals surface area (Å²) < 4.78 is 0. The summed E-state index contributed by atoms with van der Waals surface area (Å²) in [7, 11) is 4.11. The van der Waals surface area contributed by atoms with Crippen LogP contribution in [0.2, 0.25) is 0 Å². The fourth-order valence-corrected chi connectivity index (χ4v) is 2.19. The average molecular weight is 139 g/mol. The standard InChI is InChI=1S/C9H17N/c1-10-7-3-2-4-9(8-10)5-6-9/h10H,1-8H2. The molecular weight excluding hydrogens is 122 g/mol. The van der Waals surface area contributed by atoms with Crippen molar-refractivity contribution in [3.63, 3.8) is 0 Å². The van der Waals surface area contributed by atoms with Gasteiger partial charge >= 0.3 is 0 Å². The van der Waals surface area contributed by atoms with Crippen LogP contribution in [0.3, 0.4) is 0 Å². The molecule has 1 saturated heterocycles. The zero-order chi connectivity index (χ0) is 7.03. The Morgan fingerprint density at radius 1 is 1.10 bits per heavy atom. The molecule has 2 rings (SSSR count). The van der Waals surface area contributed by atoms with Crippen molar-refractivity contribution < 1.29 is 4.90 Å². The van der Waals surface area contributed by atoms with Crippen LogP contribution in [0, 0.1) is 12.5 Å². The summed E-state index contributed by atoms with van der Waals surface area (Å²) in [5.41, 5.74) is 0.785. The highest BCUT2D eigenvalue weighted by molar-refractivity contribution is 4.92. The van der Waals surface area contributed by atoms with Gasteiger partial charge in [0.05, 0.1) is 13.1 Å². The van der Waals surface area contributed by atoms with Crippen molar-refractivity contribution in [2.45, 2.75) is 32.1 Å². The van der Waals surface area contributed by atoms with Gasteiger partial charge in [-0.1, -0.05) is 0 Å². The quantitative estimate of drug-likeness (QED) is 0.469. The summed E-state index contributed by atoms with van der Waals surface area (Å²) >= 11 is 0. The topological polar surface area (TPSA) is 4.44 Å². The van der Waals surface area contributed by atoms with E-state index < -0.39 is 0 Å². The fourth-order valence-electron chi connectivity index (χ4n) is 2.19. The van der Waals surface area contributed by atoms with Crippen LogP contribution in [0.25, 0.3) is 0 Å². The summed E-state index contributed by atoms with van der Waals surface area (Å²) in [6, 6.07) is 0. The third-order valence-corrected chi connectivity index (χ3v) is 3.07. The van der Waals surface area contributed by atoms with Crippen molar-refractivity contribution in [1.82, 2.24) is 0 Å². The van der Waals surface area contributed by atoms with E-state index in [1.54, 1.807) is 0 Å². The van der Waals surface area contributed by atoms with Gasteiger partial charge in [0.15, 0.2) is 0 Å². The van der Waals surface area contributed by atoms with Gasteiger partial charge in [0.1, 0.15) is 0 Å². The normalized spacial score (nSPS) is 37.5. The first-order valence-corrected chi connectivity index (χ1v) is 4.47. The molecule has 2 fully saturated rings. The Morgan fingerprint density at radius 3 is 2.60 bits per heavy atom.